The number of carbonyl (C=O) groups is 2. The average Bonchev–Trinajstić information content (AvgIpc) is 3.32. The van der Waals surface area contributed by atoms with E-state index < -0.39 is 5.97 Å². The maximum absolute atomic E-state index is 13.2. The first kappa shape index (κ1) is 19.6. The number of amides is 1. The van der Waals surface area contributed by atoms with Crippen LogP contribution in [0.25, 0.3) is 6.08 Å². The van der Waals surface area contributed by atoms with Crippen LogP contribution in [0.15, 0.2) is 57.7 Å². The fourth-order valence-corrected chi connectivity index (χ4v) is 2.72. The van der Waals surface area contributed by atoms with E-state index in [4.69, 9.17) is 4.42 Å². The lowest BCUT2D eigenvalue weighted by Crippen LogP contribution is -2.07. The van der Waals surface area contributed by atoms with Crippen molar-refractivity contribution in [2.24, 2.45) is 0 Å². The highest BCUT2D eigenvalue weighted by Crippen LogP contribution is 2.18. The molecule has 0 aliphatic heterocycles. The Hall–Kier alpha value is -3.20. The molecule has 2 aromatic heterocycles. The maximum atomic E-state index is 13.2. The highest BCUT2D eigenvalue weighted by Gasteiger charge is 2.12. The summed E-state index contributed by atoms with van der Waals surface area (Å²) in [6.45, 7) is 0.284. The van der Waals surface area contributed by atoms with E-state index in [1.165, 1.54) is 31.5 Å². The summed E-state index contributed by atoms with van der Waals surface area (Å²) in [5.41, 5.74) is 1.17. The summed E-state index contributed by atoms with van der Waals surface area (Å²) in [5.74, 6) is -0.659. The maximum Gasteiger partial charge on any atom is 0.373 e. The van der Waals surface area contributed by atoms with Crippen molar-refractivity contribution < 1.29 is 23.1 Å². The number of carbonyl (C=O) groups excluding carboxylic acids is 2. The number of hydrogen-bond donors (Lipinski definition) is 1. The van der Waals surface area contributed by atoms with E-state index in [-0.39, 0.29) is 24.0 Å². The Labute approximate surface area is 167 Å². The number of hydrogen-bond acceptors (Lipinski definition) is 5. The Morgan fingerprint density at radius 3 is 2.93 bits per heavy atom. The molecule has 144 valence electrons. The third-order valence-corrected chi connectivity index (χ3v) is 4.25. The van der Waals surface area contributed by atoms with Gasteiger partial charge in [-0.25, -0.2) is 9.18 Å². The summed E-state index contributed by atoms with van der Waals surface area (Å²) < 4.78 is 25.0. The monoisotopic (exact) mass is 447 g/mol. The number of halogens is 2. The van der Waals surface area contributed by atoms with Crippen molar-refractivity contribution >= 4 is 39.6 Å². The third kappa shape index (κ3) is 4.95. The minimum absolute atomic E-state index is 0.107. The molecule has 0 bridgehead atoms. The molecule has 7 nitrogen and oxygen atoms in total. The molecule has 3 aromatic rings. The molecule has 28 heavy (non-hydrogen) atoms. The number of esters is 1. The lowest BCUT2D eigenvalue weighted by atomic mass is 10.2. The van der Waals surface area contributed by atoms with E-state index in [9.17, 15) is 14.0 Å². The molecular weight excluding hydrogens is 433 g/mol. The molecule has 0 aliphatic carbocycles. The van der Waals surface area contributed by atoms with Crippen LogP contribution in [0.4, 0.5) is 10.1 Å². The number of anilines is 1. The number of aromatic nitrogens is 2. The van der Waals surface area contributed by atoms with E-state index in [1.54, 1.807) is 35.2 Å². The second kappa shape index (κ2) is 8.66. The fraction of sp³-hybridized carbons (Fsp3) is 0.105. The molecule has 0 saturated carbocycles. The van der Waals surface area contributed by atoms with Gasteiger partial charge in [0.15, 0.2) is 0 Å². The summed E-state index contributed by atoms with van der Waals surface area (Å²) in [4.78, 5) is 23.4. The van der Waals surface area contributed by atoms with Crippen LogP contribution < -0.4 is 5.32 Å². The number of ether oxygens (including phenoxy) is 1. The van der Waals surface area contributed by atoms with Gasteiger partial charge in [0.2, 0.25) is 11.7 Å². The molecule has 0 saturated heterocycles. The molecule has 0 spiro atoms. The molecule has 1 N–H and O–H groups in total. The first-order chi connectivity index (χ1) is 13.4. The molecule has 3 rings (SSSR count). The third-order valence-electron chi connectivity index (χ3n) is 3.64. The SMILES string of the molecule is COC(=O)c1ccc(Cn2cc(NC(=O)/C=C/c3ccc(F)c(Br)c3)cn2)o1. The van der Waals surface area contributed by atoms with Crippen molar-refractivity contribution in [3.05, 3.63) is 76.2 Å². The zero-order valence-corrected chi connectivity index (χ0v) is 16.3. The Kier molecular flexibility index (Phi) is 6.05. The predicted octanol–water partition coefficient (Wildman–Crippen LogP) is 3.86. The second-order valence-corrected chi connectivity index (χ2v) is 6.53. The van der Waals surface area contributed by atoms with Gasteiger partial charge in [-0.2, -0.15) is 5.10 Å². The van der Waals surface area contributed by atoms with Gasteiger partial charge in [-0.3, -0.25) is 9.48 Å². The lowest BCUT2D eigenvalue weighted by Gasteiger charge is -1.99. The summed E-state index contributed by atoms with van der Waals surface area (Å²) in [6.07, 6.45) is 6.03. The average molecular weight is 448 g/mol. The van der Waals surface area contributed by atoms with Gasteiger partial charge < -0.3 is 14.5 Å². The predicted molar refractivity (Wildman–Crippen MR) is 103 cm³/mol. The van der Waals surface area contributed by atoms with E-state index >= 15 is 0 Å². The van der Waals surface area contributed by atoms with Gasteiger partial charge in [0.25, 0.3) is 0 Å². The second-order valence-electron chi connectivity index (χ2n) is 5.68. The largest absolute Gasteiger partial charge is 0.463 e. The number of nitrogens with one attached hydrogen (secondary N) is 1. The first-order valence-corrected chi connectivity index (χ1v) is 8.87. The van der Waals surface area contributed by atoms with E-state index in [0.29, 0.717) is 21.5 Å². The van der Waals surface area contributed by atoms with Gasteiger partial charge in [0.1, 0.15) is 11.6 Å². The number of benzene rings is 1. The van der Waals surface area contributed by atoms with Crippen LogP contribution in [0, 0.1) is 5.82 Å². The Morgan fingerprint density at radius 2 is 2.18 bits per heavy atom. The zero-order valence-electron chi connectivity index (χ0n) is 14.7. The quantitative estimate of drug-likeness (QED) is 0.457. The molecule has 1 aromatic carbocycles. The van der Waals surface area contributed by atoms with E-state index in [1.807, 2.05) is 0 Å². The van der Waals surface area contributed by atoms with Crippen LogP contribution >= 0.6 is 15.9 Å². The van der Waals surface area contributed by atoms with Crippen molar-refractivity contribution in [3.8, 4) is 0 Å². The standard InChI is InChI=1S/C19H15BrFN3O4/c1-27-19(26)17-6-4-14(28-17)11-24-10-13(9-22-24)23-18(25)7-3-12-2-5-16(21)15(20)8-12/h2-10H,11H2,1H3,(H,23,25)/b7-3+. The van der Waals surface area contributed by atoms with Crippen LogP contribution in [0.1, 0.15) is 21.9 Å². The number of methoxy groups -OCH3 is 1. The highest BCUT2D eigenvalue weighted by atomic mass is 79.9. The molecule has 9 heteroatoms. The van der Waals surface area contributed by atoms with Gasteiger partial charge in [-0.1, -0.05) is 6.07 Å². The van der Waals surface area contributed by atoms with E-state index in [0.717, 1.165) is 0 Å². The number of rotatable bonds is 6. The van der Waals surface area contributed by atoms with Crippen LogP contribution in [0.2, 0.25) is 0 Å². The molecule has 0 atom stereocenters. The van der Waals surface area contributed by atoms with Crippen molar-refractivity contribution in [1.82, 2.24) is 9.78 Å². The van der Waals surface area contributed by atoms with Crippen molar-refractivity contribution in [2.45, 2.75) is 6.54 Å². The van der Waals surface area contributed by atoms with Crippen LogP contribution in [0.5, 0.6) is 0 Å². The van der Waals surface area contributed by atoms with Gasteiger partial charge in [0.05, 0.1) is 30.0 Å². The molecule has 0 unspecified atom stereocenters. The molecule has 2 heterocycles. The molecule has 0 fully saturated rings. The topological polar surface area (TPSA) is 86.4 Å². The van der Waals surface area contributed by atoms with Crippen molar-refractivity contribution in [3.63, 3.8) is 0 Å². The normalized spacial score (nSPS) is 11.0. The first-order valence-electron chi connectivity index (χ1n) is 8.08. The van der Waals surface area contributed by atoms with Crippen LogP contribution in [0.3, 0.4) is 0 Å². The Balaban J connectivity index is 1.58. The zero-order chi connectivity index (χ0) is 20.1. The highest BCUT2D eigenvalue weighted by molar-refractivity contribution is 9.10. The fourth-order valence-electron chi connectivity index (χ4n) is 2.32. The summed E-state index contributed by atoms with van der Waals surface area (Å²) in [6, 6.07) is 7.62. The minimum atomic E-state index is -0.556. The van der Waals surface area contributed by atoms with E-state index in [2.05, 4.69) is 31.1 Å². The number of nitrogens with zero attached hydrogens (tertiary/aromatic N) is 2. The number of furan rings is 1. The van der Waals surface area contributed by atoms with Gasteiger partial charge in [-0.15, -0.1) is 0 Å². The van der Waals surface area contributed by atoms with Crippen molar-refractivity contribution in [2.75, 3.05) is 12.4 Å². The molecule has 0 aliphatic rings. The van der Waals surface area contributed by atoms with Gasteiger partial charge in [0, 0.05) is 12.3 Å². The lowest BCUT2D eigenvalue weighted by molar-refractivity contribution is -0.111. The molecule has 1 amide bonds. The van der Waals surface area contributed by atoms with Crippen molar-refractivity contribution in [1.29, 1.82) is 0 Å². The van der Waals surface area contributed by atoms with Gasteiger partial charge >= 0.3 is 5.97 Å². The molecule has 0 radical (unpaired) electrons. The smallest absolute Gasteiger partial charge is 0.373 e. The van der Waals surface area contributed by atoms with Crippen LogP contribution in [-0.2, 0) is 16.1 Å². The Bertz CT molecular complexity index is 1040. The molecular formula is C19H15BrFN3O4. The summed E-state index contributed by atoms with van der Waals surface area (Å²) >= 11 is 3.10. The van der Waals surface area contributed by atoms with Crippen LogP contribution in [-0.4, -0.2) is 28.8 Å². The van der Waals surface area contributed by atoms with Gasteiger partial charge in [-0.05, 0) is 51.8 Å². The Morgan fingerprint density at radius 1 is 1.36 bits per heavy atom. The summed E-state index contributed by atoms with van der Waals surface area (Å²) in [5, 5.41) is 6.81. The summed E-state index contributed by atoms with van der Waals surface area (Å²) in [7, 11) is 1.27. The minimum Gasteiger partial charge on any atom is -0.463 e.